The highest BCUT2D eigenvalue weighted by atomic mass is 35.5. The van der Waals surface area contributed by atoms with Crippen LogP contribution in [0.5, 0.6) is 0 Å². The molecule has 4 heteroatoms. The smallest absolute Gasteiger partial charge is 0.0931 e. The van der Waals surface area contributed by atoms with Gasteiger partial charge in [-0.1, -0.05) is 29.8 Å². The van der Waals surface area contributed by atoms with Crippen molar-refractivity contribution in [3.63, 3.8) is 0 Å². The van der Waals surface area contributed by atoms with Crippen molar-refractivity contribution in [3.05, 3.63) is 34.9 Å². The molecule has 0 spiro atoms. The zero-order chi connectivity index (χ0) is 12.3. The fourth-order valence-corrected chi connectivity index (χ4v) is 2.36. The predicted octanol–water partition coefficient (Wildman–Crippen LogP) is 2.09. The van der Waals surface area contributed by atoms with Gasteiger partial charge in [0.1, 0.15) is 0 Å². The molecule has 17 heavy (non-hydrogen) atoms. The Morgan fingerprint density at radius 3 is 3.00 bits per heavy atom. The van der Waals surface area contributed by atoms with Gasteiger partial charge in [0.15, 0.2) is 0 Å². The zero-order valence-electron chi connectivity index (χ0n) is 9.97. The van der Waals surface area contributed by atoms with E-state index < -0.39 is 6.10 Å². The summed E-state index contributed by atoms with van der Waals surface area (Å²) in [6, 6.07) is 7.80. The number of benzene rings is 1. The highest BCUT2D eigenvalue weighted by Gasteiger charge is 2.22. The van der Waals surface area contributed by atoms with E-state index in [4.69, 9.17) is 16.3 Å². The lowest BCUT2D eigenvalue weighted by Crippen LogP contribution is -2.45. The SMILES string of the molecule is C[C@@H]1COCCN1C[C@@H](O)c1ccccc1Cl. The Kier molecular flexibility index (Phi) is 4.40. The fraction of sp³-hybridized carbons (Fsp3) is 0.538. The molecule has 0 amide bonds. The Balaban J connectivity index is 2.01. The van der Waals surface area contributed by atoms with Gasteiger partial charge in [-0.2, -0.15) is 0 Å². The summed E-state index contributed by atoms with van der Waals surface area (Å²) < 4.78 is 5.37. The van der Waals surface area contributed by atoms with Gasteiger partial charge in [-0.25, -0.2) is 0 Å². The molecule has 0 bridgehead atoms. The quantitative estimate of drug-likeness (QED) is 0.898. The van der Waals surface area contributed by atoms with E-state index >= 15 is 0 Å². The molecule has 0 radical (unpaired) electrons. The molecule has 0 aromatic heterocycles. The van der Waals surface area contributed by atoms with E-state index in [-0.39, 0.29) is 0 Å². The third kappa shape index (κ3) is 3.19. The van der Waals surface area contributed by atoms with Gasteiger partial charge in [-0.3, -0.25) is 4.90 Å². The molecule has 1 saturated heterocycles. The number of halogens is 1. The van der Waals surface area contributed by atoms with Gasteiger partial charge in [-0.05, 0) is 13.0 Å². The minimum Gasteiger partial charge on any atom is -0.387 e. The molecule has 3 nitrogen and oxygen atoms in total. The Hall–Kier alpha value is -0.610. The number of hydrogen-bond acceptors (Lipinski definition) is 3. The van der Waals surface area contributed by atoms with Gasteiger partial charge in [0.2, 0.25) is 0 Å². The lowest BCUT2D eigenvalue weighted by Gasteiger charge is -2.34. The first-order valence-corrected chi connectivity index (χ1v) is 6.30. The summed E-state index contributed by atoms with van der Waals surface area (Å²) in [5.74, 6) is 0. The van der Waals surface area contributed by atoms with Crippen molar-refractivity contribution in [3.8, 4) is 0 Å². The number of ether oxygens (including phenoxy) is 1. The molecule has 1 N–H and O–H groups in total. The molecule has 0 unspecified atom stereocenters. The van der Waals surface area contributed by atoms with Crippen LogP contribution in [0.15, 0.2) is 24.3 Å². The molecular weight excluding hydrogens is 238 g/mol. The third-order valence-electron chi connectivity index (χ3n) is 3.18. The zero-order valence-corrected chi connectivity index (χ0v) is 10.7. The van der Waals surface area contributed by atoms with E-state index in [0.717, 1.165) is 25.3 Å². The Morgan fingerprint density at radius 2 is 2.29 bits per heavy atom. The second-order valence-corrected chi connectivity index (χ2v) is 4.86. The summed E-state index contributed by atoms with van der Waals surface area (Å²) >= 11 is 6.07. The highest BCUT2D eigenvalue weighted by Crippen LogP contribution is 2.24. The first kappa shape index (κ1) is 12.8. The number of nitrogens with zero attached hydrogens (tertiary/aromatic N) is 1. The van der Waals surface area contributed by atoms with Crippen LogP contribution in [0.25, 0.3) is 0 Å². The highest BCUT2D eigenvalue weighted by molar-refractivity contribution is 6.31. The van der Waals surface area contributed by atoms with Crippen LogP contribution in [-0.4, -0.2) is 42.4 Å². The van der Waals surface area contributed by atoms with Crippen LogP contribution in [-0.2, 0) is 4.74 Å². The van der Waals surface area contributed by atoms with Crippen LogP contribution < -0.4 is 0 Å². The van der Waals surface area contributed by atoms with E-state index in [1.807, 2.05) is 24.3 Å². The van der Waals surface area contributed by atoms with Crippen molar-refractivity contribution in [1.82, 2.24) is 4.90 Å². The molecule has 2 rings (SSSR count). The van der Waals surface area contributed by atoms with Gasteiger partial charge in [0, 0.05) is 29.7 Å². The molecular formula is C13H18ClNO2. The van der Waals surface area contributed by atoms with Crippen LogP contribution in [0.1, 0.15) is 18.6 Å². The van der Waals surface area contributed by atoms with E-state index in [0.29, 0.717) is 17.6 Å². The summed E-state index contributed by atoms with van der Waals surface area (Å²) in [5.41, 5.74) is 0.799. The van der Waals surface area contributed by atoms with Crippen LogP contribution >= 0.6 is 11.6 Å². The minimum absolute atomic E-state index is 0.348. The maximum absolute atomic E-state index is 10.2. The number of hydrogen-bond donors (Lipinski definition) is 1. The first-order valence-electron chi connectivity index (χ1n) is 5.93. The van der Waals surface area contributed by atoms with Crippen molar-refractivity contribution >= 4 is 11.6 Å². The van der Waals surface area contributed by atoms with Gasteiger partial charge in [0.05, 0.1) is 19.3 Å². The molecule has 94 valence electrons. The van der Waals surface area contributed by atoms with E-state index in [1.165, 1.54) is 0 Å². The fourth-order valence-electron chi connectivity index (χ4n) is 2.10. The van der Waals surface area contributed by atoms with Crippen molar-refractivity contribution in [2.45, 2.75) is 19.1 Å². The lowest BCUT2D eigenvalue weighted by molar-refractivity contribution is -0.0202. The normalized spacial score (nSPS) is 23.6. The van der Waals surface area contributed by atoms with Crippen LogP contribution in [0.2, 0.25) is 5.02 Å². The summed E-state index contributed by atoms with van der Waals surface area (Å²) in [6.45, 7) is 5.05. The number of β-amino-alcohol motifs (C(OH)–C–C–N with tert-alkyl or cyclic N) is 1. The summed E-state index contributed by atoms with van der Waals surface area (Å²) in [7, 11) is 0. The Morgan fingerprint density at radius 1 is 1.53 bits per heavy atom. The summed E-state index contributed by atoms with van der Waals surface area (Å²) in [4.78, 5) is 2.23. The number of aliphatic hydroxyl groups excluding tert-OH is 1. The second kappa shape index (κ2) is 5.83. The summed E-state index contributed by atoms with van der Waals surface area (Å²) in [6.07, 6.45) is -0.538. The third-order valence-corrected chi connectivity index (χ3v) is 3.52. The molecule has 1 aliphatic heterocycles. The molecule has 0 saturated carbocycles. The molecule has 1 aromatic carbocycles. The van der Waals surface area contributed by atoms with Crippen molar-refractivity contribution in [1.29, 1.82) is 0 Å². The van der Waals surface area contributed by atoms with Crippen molar-refractivity contribution in [2.24, 2.45) is 0 Å². The van der Waals surface area contributed by atoms with Crippen molar-refractivity contribution in [2.75, 3.05) is 26.3 Å². The second-order valence-electron chi connectivity index (χ2n) is 4.46. The summed E-state index contributed by atoms with van der Waals surface area (Å²) in [5, 5.41) is 10.8. The first-order chi connectivity index (χ1) is 8.18. The maximum Gasteiger partial charge on any atom is 0.0931 e. The van der Waals surface area contributed by atoms with Crippen LogP contribution in [0.3, 0.4) is 0 Å². The number of morpholine rings is 1. The topological polar surface area (TPSA) is 32.7 Å². The van der Waals surface area contributed by atoms with Gasteiger partial charge < -0.3 is 9.84 Å². The average Bonchev–Trinajstić information content (AvgIpc) is 2.32. The Bertz CT molecular complexity index is 372. The van der Waals surface area contributed by atoms with Crippen LogP contribution in [0.4, 0.5) is 0 Å². The predicted molar refractivity (Wildman–Crippen MR) is 68.3 cm³/mol. The standard InChI is InChI=1S/C13H18ClNO2/c1-10-9-17-7-6-15(10)8-13(16)11-4-2-3-5-12(11)14/h2-5,10,13,16H,6-9H2,1H3/t10-,13-/m1/s1. The van der Waals surface area contributed by atoms with Gasteiger partial charge in [0.25, 0.3) is 0 Å². The van der Waals surface area contributed by atoms with Gasteiger partial charge >= 0.3 is 0 Å². The maximum atomic E-state index is 10.2. The van der Waals surface area contributed by atoms with E-state index in [9.17, 15) is 5.11 Å². The van der Waals surface area contributed by atoms with E-state index in [1.54, 1.807) is 0 Å². The lowest BCUT2D eigenvalue weighted by atomic mass is 10.1. The minimum atomic E-state index is -0.538. The largest absolute Gasteiger partial charge is 0.387 e. The van der Waals surface area contributed by atoms with Crippen LogP contribution in [0, 0.1) is 0 Å². The monoisotopic (exact) mass is 255 g/mol. The average molecular weight is 256 g/mol. The number of rotatable bonds is 3. The molecule has 1 heterocycles. The van der Waals surface area contributed by atoms with E-state index in [2.05, 4.69) is 11.8 Å². The Labute approximate surface area is 107 Å². The molecule has 0 aliphatic carbocycles. The number of aliphatic hydroxyl groups is 1. The molecule has 2 atom stereocenters. The molecule has 1 fully saturated rings. The molecule has 1 aliphatic rings. The van der Waals surface area contributed by atoms with Gasteiger partial charge in [-0.15, -0.1) is 0 Å². The van der Waals surface area contributed by atoms with Crippen molar-refractivity contribution < 1.29 is 9.84 Å². The molecule has 1 aromatic rings.